The van der Waals surface area contributed by atoms with Crippen molar-refractivity contribution < 1.29 is 18.9 Å². The van der Waals surface area contributed by atoms with Crippen molar-refractivity contribution in [3.8, 4) is 0 Å². The van der Waals surface area contributed by atoms with Crippen molar-refractivity contribution >= 4 is 11.8 Å². The van der Waals surface area contributed by atoms with Gasteiger partial charge in [-0.2, -0.15) is 0 Å². The lowest BCUT2D eigenvalue weighted by Gasteiger charge is -2.45. The minimum absolute atomic E-state index is 0.0479. The van der Waals surface area contributed by atoms with E-state index in [9.17, 15) is 9.59 Å². The molecule has 2 aliphatic rings. The van der Waals surface area contributed by atoms with Crippen LogP contribution in [0.5, 0.6) is 0 Å². The molecule has 0 radical (unpaired) electrons. The summed E-state index contributed by atoms with van der Waals surface area (Å²) in [6.07, 6.45) is 0.297. The number of rotatable bonds is 3. The van der Waals surface area contributed by atoms with Gasteiger partial charge in [0, 0.05) is 0 Å². The minimum Gasteiger partial charge on any atom is -0.361 e. The van der Waals surface area contributed by atoms with E-state index >= 15 is 0 Å². The molecular formula is C18H19N3O4. The first-order chi connectivity index (χ1) is 12.0. The maximum atomic E-state index is 12.6. The fourth-order valence-electron chi connectivity index (χ4n) is 3.46. The van der Waals surface area contributed by atoms with E-state index in [1.807, 2.05) is 30.3 Å². The van der Waals surface area contributed by atoms with Crippen molar-refractivity contribution in [2.24, 2.45) is 0 Å². The Hall–Kier alpha value is -2.67. The van der Waals surface area contributed by atoms with Gasteiger partial charge in [-0.3, -0.25) is 14.4 Å². The van der Waals surface area contributed by atoms with Crippen LogP contribution in [0.1, 0.15) is 33.8 Å². The van der Waals surface area contributed by atoms with Gasteiger partial charge >= 0.3 is 0 Å². The Morgan fingerprint density at radius 2 is 1.96 bits per heavy atom. The van der Waals surface area contributed by atoms with Crippen molar-refractivity contribution in [1.82, 2.24) is 15.1 Å². The molecule has 7 heteroatoms. The first-order valence-corrected chi connectivity index (χ1v) is 8.23. The van der Waals surface area contributed by atoms with Gasteiger partial charge in [-0.25, -0.2) is 5.06 Å². The standard InChI is InChI=1S/C18H19N3O4/c1-12-16(13(2)24-19-12)17(23)20-10-18(11-20)8-15(22)21(25-18)9-14-6-4-3-5-7-14/h3-7H,8-11H2,1-2H3. The molecule has 4 rings (SSSR count). The summed E-state index contributed by atoms with van der Waals surface area (Å²) >= 11 is 0. The van der Waals surface area contributed by atoms with Crippen LogP contribution in [-0.2, 0) is 16.2 Å². The second-order valence-electron chi connectivity index (χ2n) is 6.73. The van der Waals surface area contributed by atoms with Gasteiger partial charge in [-0.1, -0.05) is 35.5 Å². The molecule has 130 valence electrons. The number of amides is 2. The van der Waals surface area contributed by atoms with Crippen LogP contribution in [0, 0.1) is 13.8 Å². The summed E-state index contributed by atoms with van der Waals surface area (Å²) in [5.41, 5.74) is 1.49. The van der Waals surface area contributed by atoms with E-state index in [1.54, 1.807) is 18.7 Å². The molecule has 2 fully saturated rings. The summed E-state index contributed by atoms with van der Waals surface area (Å²) in [6, 6.07) is 9.70. The smallest absolute Gasteiger partial charge is 0.259 e. The lowest BCUT2D eigenvalue weighted by Crippen LogP contribution is -2.63. The van der Waals surface area contributed by atoms with Crippen LogP contribution >= 0.6 is 0 Å². The van der Waals surface area contributed by atoms with E-state index in [2.05, 4.69) is 5.16 Å². The third-order valence-electron chi connectivity index (χ3n) is 4.72. The lowest BCUT2D eigenvalue weighted by molar-refractivity contribution is -0.233. The van der Waals surface area contributed by atoms with Crippen molar-refractivity contribution in [1.29, 1.82) is 0 Å². The van der Waals surface area contributed by atoms with Gasteiger partial charge in [-0.05, 0) is 19.4 Å². The summed E-state index contributed by atoms with van der Waals surface area (Å²) in [7, 11) is 0. The number of carbonyl (C=O) groups is 2. The molecule has 2 amide bonds. The molecule has 0 atom stereocenters. The molecule has 7 nitrogen and oxygen atoms in total. The van der Waals surface area contributed by atoms with Crippen LogP contribution in [0.25, 0.3) is 0 Å². The Morgan fingerprint density at radius 1 is 1.24 bits per heavy atom. The average Bonchev–Trinajstić information content (AvgIpc) is 3.07. The Labute approximate surface area is 145 Å². The fourth-order valence-corrected chi connectivity index (χ4v) is 3.46. The quantitative estimate of drug-likeness (QED) is 0.852. The van der Waals surface area contributed by atoms with E-state index in [4.69, 9.17) is 9.36 Å². The number of aryl methyl sites for hydroxylation is 2. The van der Waals surface area contributed by atoms with Crippen LogP contribution < -0.4 is 0 Å². The molecule has 1 aromatic carbocycles. The van der Waals surface area contributed by atoms with E-state index in [0.717, 1.165) is 5.56 Å². The maximum absolute atomic E-state index is 12.6. The molecule has 0 N–H and O–H groups in total. The number of hydrogen-bond acceptors (Lipinski definition) is 5. The third kappa shape index (κ3) is 2.70. The molecule has 2 saturated heterocycles. The van der Waals surface area contributed by atoms with Crippen LogP contribution in [0.4, 0.5) is 0 Å². The number of likely N-dealkylation sites (tertiary alicyclic amines) is 1. The molecule has 1 spiro atoms. The molecular weight excluding hydrogens is 322 g/mol. The highest BCUT2D eigenvalue weighted by Gasteiger charge is 2.55. The molecule has 0 bridgehead atoms. The molecule has 0 unspecified atom stereocenters. The van der Waals surface area contributed by atoms with Gasteiger partial charge in [0.25, 0.3) is 5.91 Å². The topological polar surface area (TPSA) is 75.9 Å². The molecule has 3 heterocycles. The second kappa shape index (κ2) is 5.70. The van der Waals surface area contributed by atoms with Crippen molar-refractivity contribution in [3.05, 3.63) is 52.9 Å². The zero-order valence-corrected chi connectivity index (χ0v) is 14.2. The number of nitrogens with zero attached hydrogens (tertiary/aromatic N) is 3. The zero-order valence-electron chi connectivity index (χ0n) is 14.2. The first-order valence-electron chi connectivity index (χ1n) is 8.23. The van der Waals surface area contributed by atoms with E-state index in [1.165, 1.54) is 5.06 Å². The third-order valence-corrected chi connectivity index (χ3v) is 4.72. The average molecular weight is 341 g/mol. The zero-order chi connectivity index (χ0) is 17.6. The van der Waals surface area contributed by atoms with Crippen molar-refractivity contribution in [3.63, 3.8) is 0 Å². The predicted octanol–water partition coefficient (Wildman–Crippen LogP) is 1.85. The highest BCUT2D eigenvalue weighted by Crippen LogP contribution is 2.37. The highest BCUT2D eigenvalue weighted by atomic mass is 16.7. The lowest BCUT2D eigenvalue weighted by atomic mass is 9.90. The van der Waals surface area contributed by atoms with Gasteiger partial charge in [0.2, 0.25) is 5.91 Å². The molecule has 0 aliphatic carbocycles. The van der Waals surface area contributed by atoms with Crippen LogP contribution in [0.3, 0.4) is 0 Å². The highest BCUT2D eigenvalue weighted by molar-refractivity contribution is 5.97. The Bertz CT molecular complexity index is 805. The van der Waals surface area contributed by atoms with E-state index in [-0.39, 0.29) is 11.8 Å². The SMILES string of the molecule is Cc1noc(C)c1C(=O)N1CC2(CC(=O)N(Cc3ccccc3)O2)C1. The van der Waals surface area contributed by atoms with Gasteiger partial charge in [0.1, 0.15) is 16.9 Å². The minimum atomic E-state index is -0.597. The van der Waals surface area contributed by atoms with Crippen molar-refractivity contribution in [2.75, 3.05) is 13.1 Å². The largest absolute Gasteiger partial charge is 0.361 e. The molecule has 25 heavy (non-hydrogen) atoms. The second-order valence-corrected chi connectivity index (χ2v) is 6.73. The number of aromatic nitrogens is 1. The summed E-state index contributed by atoms with van der Waals surface area (Å²) in [6.45, 7) is 4.68. The van der Waals surface area contributed by atoms with Gasteiger partial charge in [0.05, 0.1) is 31.7 Å². The van der Waals surface area contributed by atoms with Crippen LogP contribution in [-0.4, -0.2) is 45.6 Å². The molecule has 1 aromatic heterocycles. The van der Waals surface area contributed by atoms with Crippen molar-refractivity contribution in [2.45, 2.75) is 32.4 Å². The summed E-state index contributed by atoms with van der Waals surface area (Å²) < 4.78 is 5.06. The van der Waals surface area contributed by atoms with Gasteiger partial charge < -0.3 is 9.42 Å². The number of benzene rings is 1. The van der Waals surface area contributed by atoms with E-state index < -0.39 is 5.60 Å². The predicted molar refractivity (Wildman–Crippen MR) is 87.3 cm³/mol. The molecule has 0 saturated carbocycles. The number of hydrogen-bond donors (Lipinski definition) is 0. The number of hydroxylamine groups is 2. The Morgan fingerprint density at radius 3 is 2.60 bits per heavy atom. The monoisotopic (exact) mass is 341 g/mol. The van der Waals surface area contributed by atoms with Crippen LogP contribution in [0.2, 0.25) is 0 Å². The normalized spacial score (nSPS) is 18.7. The summed E-state index contributed by atoms with van der Waals surface area (Å²) in [4.78, 5) is 32.5. The number of carbonyl (C=O) groups excluding carboxylic acids is 2. The van der Waals surface area contributed by atoms with Gasteiger partial charge in [-0.15, -0.1) is 0 Å². The Kier molecular flexibility index (Phi) is 3.61. The molecule has 2 aliphatic heterocycles. The summed E-state index contributed by atoms with van der Waals surface area (Å²) in [5, 5.41) is 5.23. The van der Waals surface area contributed by atoms with Crippen LogP contribution in [0.15, 0.2) is 34.9 Å². The summed E-state index contributed by atoms with van der Waals surface area (Å²) in [5.74, 6) is 0.338. The Balaban J connectivity index is 1.41. The molecule has 2 aromatic rings. The van der Waals surface area contributed by atoms with Gasteiger partial charge in [0.15, 0.2) is 0 Å². The van der Waals surface area contributed by atoms with E-state index in [0.29, 0.717) is 43.1 Å². The maximum Gasteiger partial charge on any atom is 0.259 e. The first kappa shape index (κ1) is 15.8. The fraction of sp³-hybridized carbons (Fsp3) is 0.389.